The first-order chi connectivity index (χ1) is 11.3. The molecule has 3 N–H and O–H groups in total. The van der Waals surface area contributed by atoms with Gasteiger partial charge in [0.1, 0.15) is 5.01 Å². The summed E-state index contributed by atoms with van der Waals surface area (Å²) in [6, 6.07) is 10.8. The molecule has 3 rings (SSSR count). The van der Waals surface area contributed by atoms with Gasteiger partial charge in [-0.3, -0.25) is 0 Å². The molecule has 1 heterocycles. The van der Waals surface area contributed by atoms with Crippen molar-refractivity contribution in [3.05, 3.63) is 64.1 Å². The lowest BCUT2D eigenvalue weighted by Gasteiger charge is -2.21. The molecule has 0 fully saturated rings. The van der Waals surface area contributed by atoms with Crippen molar-refractivity contribution < 1.29 is 0 Å². The van der Waals surface area contributed by atoms with Crippen LogP contribution in [0.3, 0.4) is 0 Å². The van der Waals surface area contributed by atoms with E-state index in [0.717, 1.165) is 17.8 Å². The standard InChI is InChI=1S/C18H22N4S/c1-2-10-20-18(19)21-12-17-22-15-9-8-14(11-16(15)23-17)13-6-4-3-5-7-13/h2-7,14H,1,8-12H2,(H3,19,20,21). The Morgan fingerprint density at radius 1 is 1.43 bits per heavy atom. The van der Waals surface area contributed by atoms with Gasteiger partial charge >= 0.3 is 0 Å². The largest absolute Gasteiger partial charge is 0.370 e. The Hall–Kier alpha value is -2.14. The average Bonchev–Trinajstić information content (AvgIpc) is 3.01. The van der Waals surface area contributed by atoms with E-state index in [-0.39, 0.29) is 0 Å². The summed E-state index contributed by atoms with van der Waals surface area (Å²) < 4.78 is 0. The fourth-order valence-corrected chi connectivity index (χ4v) is 4.01. The number of thiazole rings is 1. The Morgan fingerprint density at radius 3 is 3.04 bits per heavy atom. The van der Waals surface area contributed by atoms with Gasteiger partial charge in [-0.05, 0) is 30.7 Å². The Morgan fingerprint density at radius 2 is 2.26 bits per heavy atom. The summed E-state index contributed by atoms with van der Waals surface area (Å²) in [6.45, 7) is 4.82. The zero-order valence-corrected chi connectivity index (χ0v) is 14.0. The number of hydrogen-bond donors (Lipinski definition) is 2. The lowest BCUT2D eigenvalue weighted by Crippen LogP contribution is -2.31. The fourth-order valence-electron chi connectivity index (χ4n) is 2.89. The SMILES string of the molecule is C=CCNC(N)=NCc1nc2c(s1)CC(c1ccccc1)CC2. The Balaban J connectivity index is 1.66. The number of hydrogen-bond acceptors (Lipinski definition) is 3. The van der Waals surface area contributed by atoms with E-state index in [1.54, 1.807) is 17.4 Å². The molecule has 0 saturated carbocycles. The van der Waals surface area contributed by atoms with E-state index in [4.69, 9.17) is 10.7 Å². The minimum atomic E-state index is 0.445. The van der Waals surface area contributed by atoms with E-state index < -0.39 is 0 Å². The van der Waals surface area contributed by atoms with Gasteiger partial charge in [0.2, 0.25) is 0 Å². The van der Waals surface area contributed by atoms with Crippen LogP contribution in [0.15, 0.2) is 48.0 Å². The van der Waals surface area contributed by atoms with E-state index in [0.29, 0.717) is 25.0 Å². The van der Waals surface area contributed by atoms with Crippen LogP contribution >= 0.6 is 11.3 Å². The number of guanidine groups is 1. The predicted octanol–water partition coefficient (Wildman–Crippen LogP) is 3.01. The van der Waals surface area contributed by atoms with Crippen molar-refractivity contribution in [2.75, 3.05) is 6.54 Å². The lowest BCUT2D eigenvalue weighted by atomic mass is 9.85. The van der Waals surface area contributed by atoms with Gasteiger partial charge in [-0.25, -0.2) is 9.98 Å². The molecule has 0 bridgehead atoms. The van der Waals surface area contributed by atoms with Gasteiger partial charge in [0.25, 0.3) is 0 Å². The maximum absolute atomic E-state index is 5.80. The molecule has 4 nitrogen and oxygen atoms in total. The molecule has 1 atom stereocenters. The van der Waals surface area contributed by atoms with Crippen LogP contribution in [0.2, 0.25) is 0 Å². The molecule has 1 aliphatic rings. The second-order valence-corrected chi connectivity index (χ2v) is 6.87. The van der Waals surface area contributed by atoms with Gasteiger partial charge in [-0.15, -0.1) is 17.9 Å². The molecule has 0 spiro atoms. The van der Waals surface area contributed by atoms with Gasteiger partial charge in [0.05, 0.1) is 12.2 Å². The molecule has 5 heteroatoms. The topological polar surface area (TPSA) is 63.3 Å². The van der Waals surface area contributed by atoms with Crippen molar-refractivity contribution in [3.8, 4) is 0 Å². The second-order valence-electron chi connectivity index (χ2n) is 5.70. The van der Waals surface area contributed by atoms with Crippen LogP contribution in [0.4, 0.5) is 0 Å². The number of nitrogens with one attached hydrogen (secondary N) is 1. The van der Waals surface area contributed by atoms with Crippen LogP contribution < -0.4 is 11.1 Å². The molecule has 0 saturated heterocycles. The average molecular weight is 326 g/mol. The first-order valence-electron chi connectivity index (χ1n) is 7.93. The number of nitrogens with two attached hydrogens (primary N) is 1. The fraction of sp³-hybridized carbons (Fsp3) is 0.333. The van der Waals surface area contributed by atoms with Crippen LogP contribution in [0, 0.1) is 0 Å². The Kier molecular flexibility index (Phi) is 5.08. The first kappa shape index (κ1) is 15.7. The maximum atomic E-state index is 5.80. The van der Waals surface area contributed by atoms with Gasteiger partial charge in [0.15, 0.2) is 5.96 Å². The molecule has 0 aliphatic heterocycles. The van der Waals surface area contributed by atoms with Gasteiger partial charge in [0, 0.05) is 11.4 Å². The van der Waals surface area contributed by atoms with Crippen molar-refractivity contribution in [3.63, 3.8) is 0 Å². The van der Waals surface area contributed by atoms with Crippen LogP contribution in [0.5, 0.6) is 0 Å². The number of aliphatic imine (C=N–C) groups is 1. The second kappa shape index (κ2) is 7.42. The van der Waals surface area contributed by atoms with E-state index >= 15 is 0 Å². The molecule has 2 aromatic rings. The summed E-state index contributed by atoms with van der Waals surface area (Å²) in [6.07, 6.45) is 5.07. The van der Waals surface area contributed by atoms with Crippen LogP contribution in [-0.4, -0.2) is 17.5 Å². The minimum Gasteiger partial charge on any atom is -0.370 e. The molecular formula is C18H22N4S. The highest BCUT2D eigenvalue weighted by molar-refractivity contribution is 7.11. The summed E-state index contributed by atoms with van der Waals surface area (Å²) in [5.41, 5.74) is 8.48. The third-order valence-corrected chi connectivity index (χ3v) is 5.17. The molecule has 1 aromatic heterocycles. The number of aromatic nitrogens is 1. The number of benzene rings is 1. The summed E-state index contributed by atoms with van der Waals surface area (Å²) in [7, 11) is 0. The lowest BCUT2D eigenvalue weighted by molar-refractivity contribution is 0.584. The summed E-state index contributed by atoms with van der Waals surface area (Å²) in [5, 5.41) is 4.03. The summed E-state index contributed by atoms with van der Waals surface area (Å²) in [5.74, 6) is 1.06. The number of nitrogens with zero attached hydrogens (tertiary/aromatic N) is 2. The third kappa shape index (κ3) is 3.99. The zero-order chi connectivity index (χ0) is 16.1. The van der Waals surface area contributed by atoms with Gasteiger partial charge in [-0.2, -0.15) is 0 Å². The minimum absolute atomic E-state index is 0.445. The third-order valence-electron chi connectivity index (χ3n) is 4.07. The number of rotatable bonds is 5. The van der Waals surface area contributed by atoms with E-state index in [1.165, 1.54) is 22.6 Å². The van der Waals surface area contributed by atoms with E-state index in [2.05, 4.69) is 47.2 Å². The molecule has 1 aliphatic carbocycles. The highest BCUT2D eigenvalue weighted by Crippen LogP contribution is 2.35. The molecule has 0 amide bonds. The molecule has 1 aromatic carbocycles. The van der Waals surface area contributed by atoms with Crippen LogP contribution in [0.1, 0.15) is 33.5 Å². The molecular weight excluding hydrogens is 304 g/mol. The van der Waals surface area contributed by atoms with Gasteiger partial charge < -0.3 is 11.1 Å². The summed E-state index contributed by atoms with van der Waals surface area (Å²) in [4.78, 5) is 10.5. The van der Waals surface area contributed by atoms with Crippen molar-refractivity contribution in [1.29, 1.82) is 0 Å². The van der Waals surface area contributed by atoms with Crippen molar-refractivity contribution in [1.82, 2.24) is 10.3 Å². The molecule has 1 unspecified atom stereocenters. The van der Waals surface area contributed by atoms with Gasteiger partial charge in [-0.1, -0.05) is 36.4 Å². The predicted molar refractivity (Wildman–Crippen MR) is 96.8 cm³/mol. The van der Waals surface area contributed by atoms with Crippen molar-refractivity contribution >= 4 is 17.3 Å². The van der Waals surface area contributed by atoms with Crippen LogP contribution in [0.25, 0.3) is 0 Å². The first-order valence-corrected chi connectivity index (χ1v) is 8.75. The number of aryl methyl sites for hydroxylation is 1. The van der Waals surface area contributed by atoms with Crippen molar-refractivity contribution in [2.24, 2.45) is 10.7 Å². The van der Waals surface area contributed by atoms with E-state index in [1.807, 2.05) is 0 Å². The highest BCUT2D eigenvalue weighted by atomic mass is 32.1. The summed E-state index contributed by atoms with van der Waals surface area (Å²) >= 11 is 1.78. The quantitative estimate of drug-likeness (QED) is 0.504. The van der Waals surface area contributed by atoms with E-state index in [9.17, 15) is 0 Å². The maximum Gasteiger partial charge on any atom is 0.189 e. The van der Waals surface area contributed by atoms with Crippen LogP contribution in [-0.2, 0) is 19.4 Å². The molecule has 0 radical (unpaired) electrons. The smallest absolute Gasteiger partial charge is 0.189 e. The number of fused-ring (bicyclic) bond motifs is 1. The Bertz CT molecular complexity index is 690. The normalized spacial score (nSPS) is 17.6. The Labute approximate surface area is 141 Å². The zero-order valence-electron chi connectivity index (χ0n) is 13.2. The molecule has 120 valence electrons. The molecule has 23 heavy (non-hydrogen) atoms. The monoisotopic (exact) mass is 326 g/mol. The van der Waals surface area contributed by atoms with Crippen molar-refractivity contribution in [2.45, 2.75) is 31.7 Å². The highest BCUT2D eigenvalue weighted by Gasteiger charge is 2.23.